The lowest BCUT2D eigenvalue weighted by Crippen LogP contribution is -2.24. The largest absolute Gasteiger partial charge is 0.334 e. The molecule has 1 atom stereocenters. The number of benzene rings is 2. The lowest BCUT2D eigenvalue weighted by atomic mass is 10.1. The van der Waals surface area contributed by atoms with Gasteiger partial charge in [-0.1, -0.05) is 23.4 Å². The fourth-order valence-corrected chi connectivity index (χ4v) is 3.25. The summed E-state index contributed by atoms with van der Waals surface area (Å²) in [5, 5.41) is 14.9. The van der Waals surface area contributed by atoms with E-state index in [1.807, 2.05) is 30.3 Å². The van der Waals surface area contributed by atoms with E-state index >= 15 is 0 Å². The van der Waals surface area contributed by atoms with Crippen molar-refractivity contribution in [1.82, 2.24) is 10.1 Å². The number of carbonyl (C=O) groups excluding carboxylic acids is 1. The Morgan fingerprint density at radius 2 is 2.00 bits per heavy atom. The highest BCUT2D eigenvalue weighted by Gasteiger charge is 2.34. The number of amides is 1. The van der Waals surface area contributed by atoms with E-state index in [1.165, 1.54) is 12.1 Å². The summed E-state index contributed by atoms with van der Waals surface area (Å²) >= 11 is 0. The molecule has 2 heterocycles. The zero-order valence-electron chi connectivity index (χ0n) is 14.5. The molecule has 1 aromatic heterocycles. The molecule has 0 aliphatic carbocycles. The number of nitro groups is 1. The van der Waals surface area contributed by atoms with Crippen LogP contribution in [0.5, 0.6) is 0 Å². The standard InChI is InChI=1S/C19H16N4O4/c1-12-9-15(23(25)26)7-8-16(12)19-20-18(21-27-19)13-10-17(24)22(11-13)14-5-3-2-4-6-14/h2-9,13H,10-11H2,1H3. The fraction of sp³-hybridized carbons (Fsp3) is 0.211. The second kappa shape index (κ2) is 6.64. The molecule has 0 N–H and O–H groups in total. The number of non-ortho nitro benzene ring substituents is 1. The Hall–Kier alpha value is -3.55. The van der Waals surface area contributed by atoms with Gasteiger partial charge in [0, 0.05) is 42.3 Å². The number of para-hydroxylation sites is 1. The highest BCUT2D eigenvalue weighted by Crippen LogP contribution is 2.32. The van der Waals surface area contributed by atoms with Crippen molar-refractivity contribution in [3.05, 3.63) is 70.0 Å². The van der Waals surface area contributed by atoms with Crippen LogP contribution in [-0.4, -0.2) is 27.5 Å². The minimum atomic E-state index is -0.446. The van der Waals surface area contributed by atoms with Crippen molar-refractivity contribution >= 4 is 17.3 Å². The Morgan fingerprint density at radius 3 is 2.70 bits per heavy atom. The summed E-state index contributed by atoms with van der Waals surface area (Å²) in [6, 6.07) is 13.9. The SMILES string of the molecule is Cc1cc([N+](=O)[O-])ccc1-c1nc(C2CC(=O)N(c3ccccc3)C2)no1. The summed E-state index contributed by atoms with van der Waals surface area (Å²) in [4.78, 5) is 28.9. The summed E-state index contributed by atoms with van der Waals surface area (Å²) in [5.74, 6) is 0.621. The molecule has 1 fully saturated rings. The van der Waals surface area contributed by atoms with Gasteiger partial charge in [-0.05, 0) is 30.7 Å². The van der Waals surface area contributed by atoms with Crippen LogP contribution in [0.15, 0.2) is 53.1 Å². The number of nitro benzene ring substituents is 1. The molecule has 27 heavy (non-hydrogen) atoms. The third-order valence-corrected chi connectivity index (χ3v) is 4.65. The first-order valence-electron chi connectivity index (χ1n) is 8.47. The monoisotopic (exact) mass is 364 g/mol. The van der Waals surface area contributed by atoms with Crippen molar-refractivity contribution in [3.63, 3.8) is 0 Å². The van der Waals surface area contributed by atoms with Gasteiger partial charge in [-0.2, -0.15) is 4.98 Å². The molecule has 136 valence electrons. The van der Waals surface area contributed by atoms with E-state index in [9.17, 15) is 14.9 Å². The predicted octanol–water partition coefficient (Wildman–Crippen LogP) is 3.47. The Bertz CT molecular complexity index is 1020. The predicted molar refractivity (Wildman–Crippen MR) is 97.3 cm³/mol. The van der Waals surface area contributed by atoms with Crippen LogP contribution in [0.25, 0.3) is 11.5 Å². The van der Waals surface area contributed by atoms with E-state index in [-0.39, 0.29) is 17.5 Å². The molecule has 0 radical (unpaired) electrons. The van der Waals surface area contributed by atoms with Crippen molar-refractivity contribution < 1.29 is 14.2 Å². The maximum absolute atomic E-state index is 12.4. The maximum atomic E-state index is 12.4. The molecule has 1 saturated heterocycles. The van der Waals surface area contributed by atoms with Crippen LogP contribution < -0.4 is 4.90 Å². The Labute approximate surface area is 154 Å². The van der Waals surface area contributed by atoms with Crippen molar-refractivity contribution in [2.75, 3.05) is 11.4 Å². The molecule has 1 aliphatic heterocycles. The summed E-state index contributed by atoms with van der Waals surface area (Å²) < 4.78 is 5.36. The molecular formula is C19H16N4O4. The minimum Gasteiger partial charge on any atom is -0.334 e. The first-order valence-corrected chi connectivity index (χ1v) is 8.47. The van der Waals surface area contributed by atoms with Gasteiger partial charge >= 0.3 is 0 Å². The van der Waals surface area contributed by atoms with Crippen molar-refractivity contribution in [2.24, 2.45) is 0 Å². The number of hydrogen-bond donors (Lipinski definition) is 0. The quantitative estimate of drug-likeness (QED) is 0.519. The first kappa shape index (κ1) is 16.9. The topological polar surface area (TPSA) is 102 Å². The molecule has 2 aromatic carbocycles. The molecule has 1 unspecified atom stereocenters. The second-order valence-corrected chi connectivity index (χ2v) is 6.46. The number of anilines is 1. The van der Waals surface area contributed by atoms with Crippen molar-refractivity contribution in [1.29, 1.82) is 0 Å². The van der Waals surface area contributed by atoms with Crippen LogP contribution >= 0.6 is 0 Å². The van der Waals surface area contributed by atoms with Gasteiger partial charge in [-0.25, -0.2) is 0 Å². The Morgan fingerprint density at radius 1 is 1.22 bits per heavy atom. The Balaban J connectivity index is 1.57. The van der Waals surface area contributed by atoms with Gasteiger partial charge in [0.2, 0.25) is 5.91 Å². The van der Waals surface area contributed by atoms with Gasteiger partial charge in [-0.15, -0.1) is 0 Å². The van der Waals surface area contributed by atoms with E-state index in [0.29, 0.717) is 35.8 Å². The van der Waals surface area contributed by atoms with Gasteiger partial charge in [0.15, 0.2) is 5.82 Å². The van der Waals surface area contributed by atoms with E-state index in [2.05, 4.69) is 10.1 Å². The zero-order chi connectivity index (χ0) is 19.0. The van der Waals surface area contributed by atoms with Crippen LogP contribution in [-0.2, 0) is 4.79 Å². The molecule has 1 aliphatic rings. The van der Waals surface area contributed by atoms with Crippen molar-refractivity contribution in [2.45, 2.75) is 19.3 Å². The van der Waals surface area contributed by atoms with Crippen LogP contribution in [0.4, 0.5) is 11.4 Å². The molecule has 8 heteroatoms. The number of aromatic nitrogens is 2. The molecule has 1 amide bonds. The molecule has 0 saturated carbocycles. The van der Waals surface area contributed by atoms with E-state index in [1.54, 1.807) is 17.9 Å². The highest BCUT2D eigenvalue weighted by atomic mass is 16.6. The second-order valence-electron chi connectivity index (χ2n) is 6.46. The van der Waals surface area contributed by atoms with Gasteiger partial charge in [-0.3, -0.25) is 14.9 Å². The average molecular weight is 364 g/mol. The van der Waals surface area contributed by atoms with E-state index in [4.69, 9.17) is 4.52 Å². The lowest BCUT2D eigenvalue weighted by Gasteiger charge is -2.15. The molecular weight excluding hydrogens is 348 g/mol. The zero-order valence-corrected chi connectivity index (χ0v) is 14.5. The minimum absolute atomic E-state index is 0.0101. The average Bonchev–Trinajstić information content (AvgIpc) is 3.29. The third-order valence-electron chi connectivity index (χ3n) is 4.65. The molecule has 0 bridgehead atoms. The normalized spacial score (nSPS) is 16.7. The van der Waals surface area contributed by atoms with Crippen LogP contribution in [0.2, 0.25) is 0 Å². The molecule has 3 aromatic rings. The maximum Gasteiger partial charge on any atom is 0.269 e. The summed E-state index contributed by atoms with van der Waals surface area (Å²) in [6.07, 6.45) is 0.313. The first-order chi connectivity index (χ1) is 13.0. The van der Waals surface area contributed by atoms with E-state index in [0.717, 1.165) is 5.69 Å². The van der Waals surface area contributed by atoms with Crippen LogP contribution in [0.1, 0.15) is 23.7 Å². The molecule has 0 spiro atoms. The number of hydrogen-bond acceptors (Lipinski definition) is 6. The smallest absolute Gasteiger partial charge is 0.269 e. The number of aryl methyl sites for hydroxylation is 1. The number of nitrogens with zero attached hydrogens (tertiary/aromatic N) is 4. The van der Waals surface area contributed by atoms with Crippen LogP contribution in [0.3, 0.4) is 0 Å². The van der Waals surface area contributed by atoms with Gasteiger partial charge in [0.05, 0.1) is 4.92 Å². The van der Waals surface area contributed by atoms with Gasteiger partial charge in [0.25, 0.3) is 11.6 Å². The van der Waals surface area contributed by atoms with Gasteiger partial charge < -0.3 is 9.42 Å². The number of rotatable bonds is 4. The number of carbonyl (C=O) groups is 1. The molecule has 8 nitrogen and oxygen atoms in total. The fourth-order valence-electron chi connectivity index (χ4n) is 3.25. The van der Waals surface area contributed by atoms with Crippen LogP contribution in [0, 0.1) is 17.0 Å². The molecule has 4 rings (SSSR count). The van der Waals surface area contributed by atoms with E-state index < -0.39 is 4.92 Å². The lowest BCUT2D eigenvalue weighted by molar-refractivity contribution is -0.384. The summed E-state index contributed by atoms with van der Waals surface area (Å²) in [5.41, 5.74) is 2.17. The van der Waals surface area contributed by atoms with Gasteiger partial charge in [0.1, 0.15) is 0 Å². The third kappa shape index (κ3) is 3.17. The highest BCUT2D eigenvalue weighted by molar-refractivity contribution is 5.96. The Kier molecular flexibility index (Phi) is 4.15. The van der Waals surface area contributed by atoms with Crippen molar-refractivity contribution in [3.8, 4) is 11.5 Å². The summed E-state index contributed by atoms with van der Waals surface area (Å²) in [7, 11) is 0. The summed E-state index contributed by atoms with van der Waals surface area (Å²) in [6.45, 7) is 2.24.